The Balaban J connectivity index is 1.95. The molecule has 3 aromatic rings. The molecule has 0 atom stereocenters. The second kappa shape index (κ2) is 7.86. The first kappa shape index (κ1) is 20.6. The Bertz CT molecular complexity index is 1240. The number of pyridine rings is 1. The summed E-state index contributed by atoms with van der Waals surface area (Å²) in [5.41, 5.74) is 2.09. The Morgan fingerprint density at radius 2 is 1.81 bits per heavy atom. The Kier molecular flexibility index (Phi) is 5.22. The van der Waals surface area contributed by atoms with Crippen LogP contribution in [0.25, 0.3) is 16.6 Å². The number of nitrogens with zero attached hydrogens (tertiary/aromatic N) is 3. The molecule has 1 aromatic heterocycles. The van der Waals surface area contributed by atoms with Crippen molar-refractivity contribution in [2.75, 3.05) is 18.0 Å². The van der Waals surface area contributed by atoms with Crippen molar-refractivity contribution in [3.8, 4) is 5.69 Å². The van der Waals surface area contributed by atoms with Crippen molar-refractivity contribution in [3.05, 3.63) is 74.1 Å². The molecular formula is C23H23N3O5. The lowest BCUT2D eigenvalue weighted by molar-refractivity contribution is -0.384. The fourth-order valence-corrected chi connectivity index (χ4v) is 4.16. The molecule has 1 fully saturated rings. The molecule has 0 radical (unpaired) electrons. The highest BCUT2D eigenvalue weighted by Gasteiger charge is 2.21. The second-order valence-electron chi connectivity index (χ2n) is 8.15. The smallest absolute Gasteiger partial charge is 0.341 e. The van der Waals surface area contributed by atoms with Crippen LogP contribution in [0, 0.1) is 23.0 Å². The molecule has 8 nitrogen and oxygen atoms in total. The minimum absolute atomic E-state index is 0.0634. The SMILES string of the molecule is Cc1cc2c(=O)c(C(=O)O)cn(-c3ccc([N+](=O)[O-])cc3)c2cc1N1CCC(C)CC1. The van der Waals surface area contributed by atoms with Crippen molar-refractivity contribution < 1.29 is 14.8 Å². The third-order valence-corrected chi connectivity index (χ3v) is 6.01. The maximum absolute atomic E-state index is 12.9. The molecule has 0 unspecified atom stereocenters. The molecule has 0 bridgehead atoms. The number of aromatic carboxylic acids is 1. The van der Waals surface area contributed by atoms with Crippen molar-refractivity contribution in [1.29, 1.82) is 0 Å². The number of hydrogen-bond acceptors (Lipinski definition) is 5. The fraction of sp³-hybridized carbons (Fsp3) is 0.304. The van der Waals surface area contributed by atoms with E-state index in [1.807, 2.05) is 13.0 Å². The highest BCUT2D eigenvalue weighted by atomic mass is 16.6. The number of carbonyl (C=O) groups is 1. The first-order valence-corrected chi connectivity index (χ1v) is 10.2. The first-order chi connectivity index (χ1) is 14.8. The summed E-state index contributed by atoms with van der Waals surface area (Å²) in [7, 11) is 0. The summed E-state index contributed by atoms with van der Waals surface area (Å²) in [6, 6.07) is 9.50. The standard InChI is InChI=1S/C23H23N3O5/c1-14-7-9-24(10-8-14)20-12-21-18(11-15(20)2)22(27)19(23(28)29)13-25(21)16-3-5-17(6-4-16)26(30)31/h3-6,11-14H,7-10H2,1-2H3,(H,28,29). The van der Waals surface area contributed by atoms with Crippen molar-refractivity contribution in [3.63, 3.8) is 0 Å². The van der Waals surface area contributed by atoms with Gasteiger partial charge in [0.25, 0.3) is 5.69 Å². The largest absolute Gasteiger partial charge is 0.477 e. The van der Waals surface area contributed by atoms with Gasteiger partial charge in [0.05, 0.1) is 10.4 Å². The number of benzene rings is 2. The van der Waals surface area contributed by atoms with E-state index in [4.69, 9.17) is 0 Å². The molecule has 0 amide bonds. The van der Waals surface area contributed by atoms with Crippen LogP contribution in [0.5, 0.6) is 0 Å². The number of rotatable bonds is 4. The minimum atomic E-state index is -1.31. The molecule has 31 heavy (non-hydrogen) atoms. The topological polar surface area (TPSA) is 106 Å². The summed E-state index contributed by atoms with van der Waals surface area (Å²) in [5.74, 6) is -0.636. The molecule has 2 heterocycles. The highest BCUT2D eigenvalue weighted by Crippen LogP contribution is 2.30. The quantitative estimate of drug-likeness (QED) is 0.501. The number of piperidine rings is 1. The molecule has 1 aliphatic heterocycles. The number of fused-ring (bicyclic) bond motifs is 1. The van der Waals surface area contributed by atoms with Crippen LogP contribution in [0.3, 0.4) is 0 Å². The lowest BCUT2D eigenvalue weighted by atomic mass is 9.97. The number of aromatic nitrogens is 1. The number of aryl methyl sites for hydroxylation is 1. The molecule has 1 saturated heterocycles. The van der Waals surface area contributed by atoms with Crippen LogP contribution in [-0.2, 0) is 0 Å². The fourth-order valence-electron chi connectivity index (χ4n) is 4.16. The lowest BCUT2D eigenvalue weighted by Gasteiger charge is -2.33. The molecule has 2 aromatic carbocycles. The zero-order chi connectivity index (χ0) is 22.3. The predicted molar refractivity (Wildman–Crippen MR) is 119 cm³/mol. The average molecular weight is 421 g/mol. The third-order valence-electron chi connectivity index (χ3n) is 6.01. The summed E-state index contributed by atoms with van der Waals surface area (Å²) in [4.78, 5) is 37.4. The van der Waals surface area contributed by atoms with Gasteiger partial charge in [0.2, 0.25) is 5.43 Å². The molecule has 0 saturated carbocycles. The van der Waals surface area contributed by atoms with Crippen LogP contribution in [0.15, 0.2) is 47.4 Å². The van der Waals surface area contributed by atoms with E-state index in [9.17, 15) is 24.8 Å². The average Bonchev–Trinajstić information content (AvgIpc) is 2.74. The van der Waals surface area contributed by atoms with Gasteiger partial charge in [0.15, 0.2) is 0 Å². The van der Waals surface area contributed by atoms with Gasteiger partial charge in [-0.3, -0.25) is 14.9 Å². The Morgan fingerprint density at radius 1 is 1.16 bits per heavy atom. The first-order valence-electron chi connectivity index (χ1n) is 10.2. The van der Waals surface area contributed by atoms with Crippen LogP contribution >= 0.6 is 0 Å². The van der Waals surface area contributed by atoms with E-state index in [2.05, 4.69) is 11.8 Å². The summed E-state index contributed by atoms with van der Waals surface area (Å²) >= 11 is 0. The van der Waals surface area contributed by atoms with E-state index in [0.29, 0.717) is 22.5 Å². The van der Waals surface area contributed by atoms with E-state index >= 15 is 0 Å². The van der Waals surface area contributed by atoms with Crippen molar-refractivity contribution in [2.45, 2.75) is 26.7 Å². The van der Waals surface area contributed by atoms with E-state index in [1.165, 1.54) is 18.3 Å². The molecule has 1 aliphatic rings. The second-order valence-corrected chi connectivity index (χ2v) is 8.15. The van der Waals surface area contributed by atoms with Crippen LogP contribution in [0.4, 0.5) is 11.4 Å². The lowest BCUT2D eigenvalue weighted by Crippen LogP contribution is -2.33. The zero-order valence-corrected chi connectivity index (χ0v) is 17.4. The summed E-state index contributed by atoms with van der Waals surface area (Å²) < 4.78 is 1.62. The van der Waals surface area contributed by atoms with Gasteiger partial charge in [-0.2, -0.15) is 0 Å². The zero-order valence-electron chi connectivity index (χ0n) is 17.4. The van der Waals surface area contributed by atoms with E-state index in [1.54, 1.807) is 22.8 Å². The maximum atomic E-state index is 12.9. The maximum Gasteiger partial charge on any atom is 0.341 e. The number of nitro groups is 1. The van der Waals surface area contributed by atoms with E-state index in [0.717, 1.165) is 37.2 Å². The number of non-ortho nitro benzene ring substituents is 1. The number of carboxylic acids is 1. The molecule has 160 valence electrons. The number of nitro benzene ring substituents is 1. The van der Waals surface area contributed by atoms with Gasteiger partial charge in [-0.1, -0.05) is 6.92 Å². The normalized spacial score (nSPS) is 14.7. The molecular weight excluding hydrogens is 398 g/mol. The Labute approximate surface area is 178 Å². The number of hydrogen-bond donors (Lipinski definition) is 1. The third kappa shape index (κ3) is 3.76. The summed E-state index contributed by atoms with van der Waals surface area (Å²) in [6.07, 6.45) is 3.47. The van der Waals surface area contributed by atoms with Crippen LogP contribution < -0.4 is 10.3 Å². The summed E-state index contributed by atoms with van der Waals surface area (Å²) in [6.45, 7) is 6.01. The highest BCUT2D eigenvalue weighted by molar-refractivity contribution is 5.94. The van der Waals surface area contributed by atoms with Gasteiger partial charge in [-0.15, -0.1) is 0 Å². The van der Waals surface area contributed by atoms with Gasteiger partial charge >= 0.3 is 5.97 Å². The Hall–Kier alpha value is -3.68. The van der Waals surface area contributed by atoms with Gasteiger partial charge in [0.1, 0.15) is 5.56 Å². The van der Waals surface area contributed by atoms with Gasteiger partial charge in [-0.25, -0.2) is 4.79 Å². The van der Waals surface area contributed by atoms with Gasteiger partial charge in [0, 0.05) is 48.2 Å². The van der Waals surface area contributed by atoms with Crippen LogP contribution in [0.2, 0.25) is 0 Å². The molecule has 4 rings (SSSR count). The van der Waals surface area contributed by atoms with Gasteiger partial charge < -0.3 is 14.6 Å². The Morgan fingerprint density at radius 3 is 2.39 bits per heavy atom. The van der Waals surface area contributed by atoms with E-state index < -0.39 is 16.3 Å². The van der Waals surface area contributed by atoms with Crippen LogP contribution in [0.1, 0.15) is 35.7 Å². The number of anilines is 1. The van der Waals surface area contributed by atoms with E-state index in [-0.39, 0.29) is 11.3 Å². The minimum Gasteiger partial charge on any atom is -0.477 e. The van der Waals surface area contributed by atoms with Crippen molar-refractivity contribution >= 4 is 28.2 Å². The van der Waals surface area contributed by atoms with Gasteiger partial charge in [-0.05, 0) is 55.5 Å². The molecule has 0 spiro atoms. The molecule has 0 aliphatic carbocycles. The monoisotopic (exact) mass is 421 g/mol. The van der Waals surface area contributed by atoms with Crippen LogP contribution in [-0.4, -0.2) is 33.7 Å². The summed E-state index contributed by atoms with van der Waals surface area (Å²) in [5, 5.41) is 20.9. The number of carboxylic acid groups (broad SMARTS) is 1. The molecule has 8 heteroatoms. The predicted octanol–water partition coefficient (Wildman–Crippen LogP) is 4.14. The van der Waals surface area contributed by atoms with Crippen molar-refractivity contribution in [2.24, 2.45) is 5.92 Å². The molecule has 1 N–H and O–H groups in total. The van der Waals surface area contributed by atoms with Crippen molar-refractivity contribution in [1.82, 2.24) is 4.57 Å².